The lowest BCUT2D eigenvalue weighted by Gasteiger charge is -2.25. The number of likely N-dealkylation sites (tertiary alicyclic amines) is 1. The van der Waals surface area contributed by atoms with Crippen LogP contribution in [0.5, 0.6) is 6.01 Å². The lowest BCUT2D eigenvalue weighted by atomic mass is 10.1. The summed E-state index contributed by atoms with van der Waals surface area (Å²) in [7, 11) is 1.94. The van der Waals surface area contributed by atoms with Crippen LogP contribution in [0.25, 0.3) is 0 Å². The van der Waals surface area contributed by atoms with Crippen LogP contribution in [0.2, 0.25) is 0 Å². The fourth-order valence-electron chi connectivity index (χ4n) is 2.65. The van der Waals surface area contributed by atoms with Gasteiger partial charge in [0.05, 0.1) is 6.20 Å². The molecule has 1 fully saturated rings. The number of nitrogens with zero attached hydrogens (tertiary/aromatic N) is 4. The lowest BCUT2D eigenvalue weighted by Crippen LogP contribution is -2.31. The summed E-state index contributed by atoms with van der Waals surface area (Å²) in [4.78, 5) is 14.3. The third-order valence-corrected chi connectivity index (χ3v) is 4.14. The summed E-state index contributed by atoms with van der Waals surface area (Å²) in [5, 5.41) is 0. The van der Waals surface area contributed by atoms with Gasteiger partial charge in [0.1, 0.15) is 17.8 Å². The highest BCUT2D eigenvalue weighted by Crippen LogP contribution is 2.23. The van der Waals surface area contributed by atoms with E-state index >= 15 is 0 Å². The van der Waals surface area contributed by atoms with Gasteiger partial charge in [-0.3, -0.25) is 0 Å². The van der Waals surface area contributed by atoms with E-state index in [1.807, 2.05) is 11.9 Å². The number of hydrogen-bond acceptors (Lipinski definition) is 4. The van der Waals surface area contributed by atoms with Crippen molar-refractivity contribution < 1.29 is 13.5 Å². The van der Waals surface area contributed by atoms with Gasteiger partial charge in [0.25, 0.3) is 0 Å². The van der Waals surface area contributed by atoms with E-state index in [9.17, 15) is 8.78 Å². The molecule has 1 unspecified atom stereocenters. The first kappa shape index (κ1) is 17.3. The average Bonchev–Trinajstić information content (AvgIpc) is 2.60. The average molecular weight is 346 g/mol. The Morgan fingerprint density at radius 1 is 1.20 bits per heavy atom. The molecule has 5 nitrogen and oxygen atoms in total. The molecule has 0 bridgehead atoms. The van der Waals surface area contributed by atoms with Gasteiger partial charge in [-0.25, -0.2) is 18.8 Å². The molecule has 0 saturated carbocycles. The number of aliphatic imine (C=N–C) groups is 1. The number of piperidine rings is 1. The van der Waals surface area contributed by atoms with Crippen LogP contribution in [0.15, 0.2) is 35.5 Å². The van der Waals surface area contributed by atoms with Crippen molar-refractivity contribution in [1.29, 1.82) is 0 Å². The summed E-state index contributed by atoms with van der Waals surface area (Å²) in [6.07, 6.45) is 3.58. The van der Waals surface area contributed by atoms with Gasteiger partial charge in [0, 0.05) is 20.0 Å². The van der Waals surface area contributed by atoms with Crippen LogP contribution in [0.4, 0.5) is 14.6 Å². The van der Waals surface area contributed by atoms with Crippen LogP contribution >= 0.6 is 0 Å². The third kappa shape index (κ3) is 4.29. The zero-order valence-corrected chi connectivity index (χ0v) is 14.2. The highest BCUT2D eigenvalue weighted by Gasteiger charge is 2.16. The molecule has 132 valence electrons. The number of rotatable bonds is 4. The summed E-state index contributed by atoms with van der Waals surface area (Å²) in [5.74, 6) is -0.126. The highest BCUT2D eigenvalue weighted by atomic mass is 19.1. The Morgan fingerprint density at radius 3 is 2.68 bits per heavy atom. The third-order valence-electron chi connectivity index (χ3n) is 4.14. The van der Waals surface area contributed by atoms with Gasteiger partial charge in [-0.15, -0.1) is 0 Å². The molecule has 1 aromatic carbocycles. The lowest BCUT2D eigenvalue weighted by molar-refractivity contribution is 0.206. The Hall–Kier alpha value is -2.57. The Bertz CT molecular complexity index is 764. The van der Waals surface area contributed by atoms with E-state index in [0.29, 0.717) is 0 Å². The molecule has 3 rings (SSSR count). The van der Waals surface area contributed by atoms with E-state index < -0.39 is 11.9 Å². The van der Waals surface area contributed by atoms with Crippen molar-refractivity contribution >= 4 is 11.7 Å². The van der Waals surface area contributed by atoms with E-state index in [2.05, 4.69) is 15.0 Å². The molecule has 0 spiro atoms. The maximum absolute atomic E-state index is 14.0. The molecule has 0 amide bonds. The number of ether oxygens (including phenoxy) is 1. The fourth-order valence-corrected chi connectivity index (χ4v) is 2.65. The number of halogens is 2. The van der Waals surface area contributed by atoms with Gasteiger partial charge < -0.3 is 9.64 Å². The van der Waals surface area contributed by atoms with Crippen molar-refractivity contribution in [2.24, 2.45) is 4.99 Å². The van der Waals surface area contributed by atoms with E-state index in [4.69, 9.17) is 4.74 Å². The molecule has 0 aliphatic carbocycles. The maximum atomic E-state index is 14.0. The normalized spacial score (nSPS) is 17.6. The van der Waals surface area contributed by atoms with Crippen molar-refractivity contribution in [1.82, 2.24) is 14.9 Å². The van der Waals surface area contributed by atoms with Gasteiger partial charge in [-0.1, -0.05) is 12.1 Å². The molecule has 25 heavy (non-hydrogen) atoms. The molecule has 1 aliphatic rings. The Labute approximate surface area is 145 Å². The topological polar surface area (TPSA) is 50.6 Å². The van der Waals surface area contributed by atoms with E-state index in [0.717, 1.165) is 43.4 Å². The first-order valence-corrected chi connectivity index (χ1v) is 8.26. The monoisotopic (exact) mass is 346 g/mol. The Kier molecular flexibility index (Phi) is 5.21. The predicted molar refractivity (Wildman–Crippen MR) is 91.0 cm³/mol. The molecular weight excluding hydrogens is 326 g/mol. The van der Waals surface area contributed by atoms with E-state index in [1.54, 1.807) is 19.1 Å². The molecule has 1 atom stereocenters. The van der Waals surface area contributed by atoms with Crippen molar-refractivity contribution in [3.8, 4) is 6.01 Å². The summed E-state index contributed by atoms with van der Waals surface area (Å²) in [6.45, 7) is 2.69. The number of hydrogen-bond donors (Lipinski definition) is 0. The molecular formula is C18H20F2N4O. The molecule has 2 aromatic rings. The molecule has 1 aromatic heterocycles. The molecule has 0 N–H and O–H groups in total. The van der Waals surface area contributed by atoms with Crippen LogP contribution in [0, 0.1) is 11.6 Å². The van der Waals surface area contributed by atoms with Crippen molar-refractivity contribution in [2.45, 2.75) is 32.3 Å². The number of amidine groups is 1. The van der Waals surface area contributed by atoms with E-state index in [1.165, 1.54) is 12.1 Å². The largest absolute Gasteiger partial charge is 0.456 e. The van der Waals surface area contributed by atoms with Crippen molar-refractivity contribution in [3.05, 3.63) is 47.7 Å². The second kappa shape index (κ2) is 7.55. The summed E-state index contributed by atoms with van der Waals surface area (Å²) in [6, 6.07) is 6.01. The summed E-state index contributed by atoms with van der Waals surface area (Å²) >= 11 is 0. The van der Waals surface area contributed by atoms with Crippen LogP contribution < -0.4 is 4.74 Å². The van der Waals surface area contributed by atoms with Crippen LogP contribution in [0.1, 0.15) is 37.9 Å². The predicted octanol–water partition coefficient (Wildman–Crippen LogP) is 4.04. The van der Waals surface area contributed by atoms with Gasteiger partial charge in [-0.2, -0.15) is 4.98 Å². The highest BCUT2D eigenvalue weighted by molar-refractivity contribution is 5.84. The first-order valence-electron chi connectivity index (χ1n) is 8.26. The Balaban J connectivity index is 1.79. The van der Waals surface area contributed by atoms with Crippen molar-refractivity contribution in [3.63, 3.8) is 0 Å². The van der Waals surface area contributed by atoms with Gasteiger partial charge in [-0.05, 0) is 37.5 Å². The van der Waals surface area contributed by atoms with Crippen LogP contribution in [0.3, 0.4) is 0 Å². The zero-order chi connectivity index (χ0) is 17.8. The minimum Gasteiger partial charge on any atom is -0.456 e. The van der Waals surface area contributed by atoms with E-state index in [-0.39, 0.29) is 17.6 Å². The first-order chi connectivity index (χ1) is 12.0. The minimum atomic E-state index is -0.590. The minimum absolute atomic E-state index is 0.0277. The fraction of sp³-hybridized carbons (Fsp3) is 0.389. The van der Waals surface area contributed by atoms with Crippen molar-refractivity contribution in [2.75, 3.05) is 13.6 Å². The van der Waals surface area contributed by atoms with Gasteiger partial charge in [0.2, 0.25) is 0 Å². The molecule has 1 saturated heterocycles. The molecule has 0 radical (unpaired) electrons. The molecule has 2 heterocycles. The molecule has 7 heteroatoms. The summed E-state index contributed by atoms with van der Waals surface area (Å²) in [5.41, 5.74) is 0.772. The molecule has 1 aliphatic heterocycles. The SMILES string of the molecule is CC(Oc1ncc(F)c(/N=C2\CCCCN2C)n1)c1ccc(F)cc1. The van der Waals surface area contributed by atoms with Crippen LogP contribution in [-0.4, -0.2) is 34.3 Å². The van der Waals surface area contributed by atoms with Crippen LogP contribution in [-0.2, 0) is 0 Å². The van der Waals surface area contributed by atoms with Gasteiger partial charge >= 0.3 is 6.01 Å². The quantitative estimate of drug-likeness (QED) is 0.838. The number of benzene rings is 1. The van der Waals surface area contributed by atoms with Gasteiger partial charge in [0.15, 0.2) is 11.6 Å². The Morgan fingerprint density at radius 2 is 1.96 bits per heavy atom. The standard InChI is InChI=1S/C18H20F2N4O/c1-12(13-6-8-14(19)9-7-13)25-18-21-11-15(20)17(23-18)22-16-5-3-4-10-24(16)2/h6-9,11-12H,3-5,10H2,1-2H3/b22-16+. The maximum Gasteiger partial charge on any atom is 0.319 e. The second-order valence-corrected chi connectivity index (χ2v) is 6.04. The number of aromatic nitrogens is 2. The summed E-state index contributed by atoms with van der Waals surface area (Å²) < 4.78 is 32.7. The smallest absolute Gasteiger partial charge is 0.319 e. The zero-order valence-electron chi connectivity index (χ0n) is 14.2. The second-order valence-electron chi connectivity index (χ2n) is 6.04.